The number of carbonyl (C=O) groups excluding carboxylic acids is 3. The third-order valence-corrected chi connectivity index (χ3v) is 5.36. The van der Waals surface area contributed by atoms with Gasteiger partial charge in [-0.15, -0.1) is 11.3 Å². The highest BCUT2D eigenvalue weighted by Gasteiger charge is 2.29. The maximum Gasteiger partial charge on any atom is 0.231 e. The number of nitrogens with two attached hydrogens (primary N) is 1. The van der Waals surface area contributed by atoms with E-state index in [1.165, 1.54) is 30.0 Å². The number of carboxylic acid groups (broad SMARTS) is 3. The van der Waals surface area contributed by atoms with Gasteiger partial charge in [0.15, 0.2) is 0 Å². The number of carboxylic acids is 3. The zero-order valence-corrected chi connectivity index (χ0v) is 16.6. The van der Waals surface area contributed by atoms with Gasteiger partial charge in [-0.1, -0.05) is 0 Å². The van der Waals surface area contributed by atoms with Gasteiger partial charge in [-0.25, -0.2) is 0 Å². The Morgan fingerprint density at radius 1 is 1.32 bits per heavy atom. The van der Waals surface area contributed by atoms with Crippen molar-refractivity contribution in [1.29, 1.82) is 0 Å². The van der Waals surface area contributed by atoms with Crippen molar-refractivity contribution in [1.82, 2.24) is 0 Å². The second-order valence-electron chi connectivity index (χ2n) is 6.74. The minimum Gasteiger partial charge on any atom is -0.550 e. The average Bonchev–Trinajstić information content (AvgIpc) is 2.98. The summed E-state index contributed by atoms with van der Waals surface area (Å²) in [5, 5.41) is 43.5. The van der Waals surface area contributed by atoms with Crippen molar-refractivity contribution < 1.29 is 45.0 Å². The van der Waals surface area contributed by atoms with Crippen molar-refractivity contribution in [2.75, 3.05) is 20.1 Å². The minimum atomic E-state index is -2.97. The number of rotatable bonds is 7. The van der Waals surface area contributed by atoms with Crippen LogP contribution in [0.1, 0.15) is 29.7 Å². The maximum absolute atomic E-state index is 10.1. The number of aliphatic carboxylic acids is 3. The maximum atomic E-state index is 10.1. The normalized spacial score (nSPS) is 19.7. The Balaban J connectivity index is 0.000000284. The molecule has 28 heavy (non-hydrogen) atoms. The van der Waals surface area contributed by atoms with Gasteiger partial charge in [0.2, 0.25) is 6.17 Å². The highest BCUT2D eigenvalue weighted by atomic mass is 32.1. The molecule has 1 aliphatic rings. The zero-order valence-electron chi connectivity index (χ0n) is 15.8. The fourth-order valence-electron chi connectivity index (χ4n) is 2.72. The second-order valence-corrected chi connectivity index (χ2v) is 7.69. The number of hydrogen-bond acceptors (Lipinski definition) is 8. The molecule has 0 radical (unpaired) electrons. The number of hydrogen-bond donors (Lipinski definition) is 3. The van der Waals surface area contributed by atoms with E-state index in [1.54, 1.807) is 4.90 Å². The van der Waals surface area contributed by atoms with Gasteiger partial charge in [0.05, 0.1) is 26.1 Å². The van der Waals surface area contributed by atoms with Crippen molar-refractivity contribution >= 4 is 35.3 Å². The Labute approximate surface area is 166 Å². The summed E-state index contributed by atoms with van der Waals surface area (Å²) in [5.74, 6) is -5.98. The van der Waals surface area contributed by atoms with Gasteiger partial charge in [-0.05, 0) is 30.0 Å². The van der Waals surface area contributed by atoms with Crippen molar-refractivity contribution in [3.63, 3.8) is 0 Å². The van der Waals surface area contributed by atoms with Crippen molar-refractivity contribution in [2.24, 2.45) is 0 Å². The standard InChI is InChI=1S/C12H18N2S.C6H8O7/c1-10-6-9-15-11(10)4-5-12-13-7-3-8-14(12)2;7-3(8)1-6(13,5(11)12)2-4(9)10/h4-6,9,12-13H,3,7-8H2,1-2H3;13H,1-2H2,(H,7,8)(H,9,10)(H,11,12)/p-1/b5-4+;. The number of nitrogens with one attached hydrogen (secondary N) is 1. The van der Waals surface area contributed by atoms with Gasteiger partial charge in [-0.3, -0.25) is 10.2 Å². The van der Waals surface area contributed by atoms with Crippen LogP contribution in [0.5, 0.6) is 0 Å². The summed E-state index contributed by atoms with van der Waals surface area (Å²) in [6, 6.07) is 2.19. The van der Waals surface area contributed by atoms with Gasteiger partial charge in [0.1, 0.15) is 5.60 Å². The Bertz CT molecular complexity index is 701. The lowest BCUT2D eigenvalue weighted by Gasteiger charge is -2.29. The topological polar surface area (TPSA) is 162 Å². The average molecular weight is 413 g/mol. The molecule has 0 aromatic carbocycles. The first-order chi connectivity index (χ1) is 13.0. The molecule has 0 saturated carbocycles. The van der Waals surface area contributed by atoms with Crippen LogP contribution in [0.3, 0.4) is 0 Å². The van der Waals surface area contributed by atoms with Crippen LogP contribution in [0, 0.1) is 6.92 Å². The largest absolute Gasteiger partial charge is 0.550 e. The van der Waals surface area contributed by atoms with Gasteiger partial charge in [0, 0.05) is 42.2 Å². The SMILES string of the molecule is Cc1ccsc1/C=C/C1[NH2+]CCC[NH+]1C.O=C([O-])CC(O)(CC(=O)[O-])C(=O)[O-]. The van der Waals surface area contributed by atoms with Crippen LogP contribution in [0.4, 0.5) is 0 Å². The van der Waals surface area contributed by atoms with Crippen LogP contribution in [0.15, 0.2) is 17.5 Å². The van der Waals surface area contributed by atoms with Crippen LogP contribution >= 0.6 is 11.3 Å². The Kier molecular flexibility index (Phi) is 9.26. The number of aliphatic hydroxyl groups is 1. The second kappa shape index (κ2) is 10.9. The Hall–Kier alpha value is -2.27. The van der Waals surface area contributed by atoms with E-state index in [4.69, 9.17) is 5.11 Å². The number of likely N-dealkylation sites (N-methyl/N-ethyl adjacent to an activating group) is 1. The first-order valence-electron chi connectivity index (χ1n) is 8.76. The summed E-state index contributed by atoms with van der Waals surface area (Å²) in [6.45, 7) is 4.75. The van der Waals surface area contributed by atoms with E-state index >= 15 is 0 Å². The number of aryl methyl sites for hydroxylation is 1. The smallest absolute Gasteiger partial charge is 0.231 e. The number of quaternary nitrogens is 2. The van der Waals surface area contributed by atoms with E-state index in [0.29, 0.717) is 6.17 Å². The molecule has 156 valence electrons. The lowest BCUT2D eigenvalue weighted by molar-refractivity contribution is -1.03. The summed E-state index contributed by atoms with van der Waals surface area (Å²) < 4.78 is 0. The molecule has 1 aromatic rings. The molecule has 2 unspecified atom stereocenters. The molecular formula is C18H25N2O7S-. The predicted octanol–water partition coefficient (Wildman–Crippen LogP) is -5.37. The van der Waals surface area contributed by atoms with Gasteiger partial charge in [0.25, 0.3) is 0 Å². The first kappa shape index (κ1) is 23.8. The molecule has 9 nitrogen and oxygen atoms in total. The quantitative estimate of drug-likeness (QED) is 0.402. The molecule has 1 aliphatic heterocycles. The molecule has 0 amide bonds. The fourth-order valence-corrected chi connectivity index (χ4v) is 3.55. The third kappa shape index (κ3) is 7.77. The summed E-state index contributed by atoms with van der Waals surface area (Å²) >= 11 is 1.83. The summed E-state index contributed by atoms with van der Waals surface area (Å²) in [7, 11) is 2.28. The molecule has 10 heteroatoms. The fraction of sp³-hybridized carbons (Fsp3) is 0.500. The monoisotopic (exact) mass is 413 g/mol. The van der Waals surface area contributed by atoms with Crippen molar-refractivity contribution in [3.8, 4) is 0 Å². The molecule has 1 saturated heterocycles. The van der Waals surface area contributed by atoms with Gasteiger partial charge < -0.3 is 34.8 Å². The lowest BCUT2D eigenvalue weighted by Crippen LogP contribution is -3.27. The molecule has 0 bridgehead atoms. The van der Waals surface area contributed by atoms with E-state index in [-0.39, 0.29) is 0 Å². The molecule has 1 fully saturated rings. The van der Waals surface area contributed by atoms with Crippen molar-refractivity contribution in [3.05, 3.63) is 28.0 Å². The van der Waals surface area contributed by atoms with E-state index in [9.17, 15) is 29.7 Å². The molecular weight excluding hydrogens is 388 g/mol. The summed E-state index contributed by atoms with van der Waals surface area (Å²) in [6.07, 6.45) is 3.88. The number of carbonyl (C=O) groups is 3. The predicted molar refractivity (Wildman–Crippen MR) is 94.2 cm³/mol. The van der Waals surface area contributed by atoms with Crippen LogP contribution in [-0.2, 0) is 14.4 Å². The molecule has 4 N–H and O–H groups in total. The molecule has 2 heterocycles. The highest BCUT2D eigenvalue weighted by Crippen LogP contribution is 2.16. The Morgan fingerprint density at radius 2 is 1.93 bits per heavy atom. The zero-order chi connectivity index (χ0) is 21.3. The van der Waals surface area contributed by atoms with Crippen LogP contribution < -0.4 is 25.5 Å². The molecule has 2 rings (SSSR count). The van der Waals surface area contributed by atoms with Gasteiger partial charge >= 0.3 is 0 Å². The highest BCUT2D eigenvalue weighted by molar-refractivity contribution is 7.11. The lowest BCUT2D eigenvalue weighted by atomic mass is 9.96. The Morgan fingerprint density at radius 3 is 2.36 bits per heavy atom. The molecule has 2 atom stereocenters. The summed E-state index contributed by atoms with van der Waals surface area (Å²) in [4.78, 5) is 33.0. The third-order valence-electron chi connectivity index (χ3n) is 4.38. The van der Waals surface area contributed by atoms with Gasteiger partial charge in [-0.2, -0.15) is 0 Å². The molecule has 0 aliphatic carbocycles. The minimum absolute atomic E-state index is 0.611. The number of thiophene rings is 1. The molecule has 1 aromatic heterocycles. The van der Waals surface area contributed by atoms with E-state index in [1.807, 2.05) is 11.3 Å². The molecule has 0 spiro atoms. The van der Waals surface area contributed by atoms with E-state index in [0.717, 1.165) is 0 Å². The van der Waals surface area contributed by atoms with Crippen LogP contribution in [-0.4, -0.2) is 54.9 Å². The van der Waals surface area contributed by atoms with E-state index in [2.05, 4.69) is 42.9 Å². The van der Waals surface area contributed by atoms with Crippen LogP contribution in [0.2, 0.25) is 0 Å². The summed E-state index contributed by atoms with van der Waals surface area (Å²) in [5.41, 5.74) is -1.58. The van der Waals surface area contributed by atoms with E-state index < -0.39 is 36.4 Å². The van der Waals surface area contributed by atoms with Crippen molar-refractivity contribution in [2.45, 2.75) is 38.0 Å². The van der Waals surface area contributed by atoms with Crippen LogP contribution in [0.25, 0.3) is 6.08 Å². The first-order valence-corrected chi connectivity index (χ1v) is 9.64.